The molecular formula is C9H7Cl3N2O2. The Hall–Kier alpha value is -0.680. The average Bonchev–Trinajstić information content (AvgIpc) is 2.22. The van der Waals surface area contributed by atoms with Crippen LogP contribution in [0.2, 0.25) is 0 Å². The van der Waals surface area contributed by atoms with E-state index in [1.807, 2.05) is 0 Å². The molecule has 1 aromatic carbocycles. The number of carbonyl (C=O) groups is 1. The second-order valence-corrected chi connectivity index (χ2v) is 5.65. The number of anilines is 1. The van der Waals surface area contributed by atoms with E-state index in [4.69, 9.17) is 34.8 Å². The van der Waals surface area contributed by atoms with Gasteiger partial charge in [0.15, 0.2) is 6.17 Å². The molecule has 0 spiro atoms. The number of halogens is 3. The zero-order valence-electron chi connectivity index (χ0n) is 7.82. The van der Waals surface area contributed by atoms with Gasteiger partial charge in [-0.15, -0.1) is 0 Å². The molecule has 0 aromatic heterocycles. The lowest BCUT2D eigenvalue weighted by molar-refractivity contribution is -0.0827. The van der Waals surface area contributed by atoms with Crippen LogP contribution in [0.1, 0.15) is 10.4 Å². The van der Waals surface area contributed by atoms with E-state index in [1.54, 1.807) is 24.3 Å². The Balaban J connectivity index is 2.44. The van der Waals surface area contributed by atoms with Gasteiger partial charge in [-0.1, -0.05) is 46.9 Å². The van der Waals surface area contributed by atoms with Crippen LogP contribution in [0, 0.1) is 0 Å². The zero-order chi connectivity index (χ0) is 11.9. The fourth-order valence-electron chi connectivity index (χ4n) is 1.47. The van der Waals surface area contributed by atoms with Crippen molar-refractivity contribution in [1.82, 2.24) is 5.06 Å². The maximum absolute atomic E-state index is 11.7. The number of carbonyl (C=O) groups excluding carboxylic acids is 1. The quantitative estimate of drug-likeness (QED) is 0.568. The summed E-state index contributed by atoms with van der Waals surface area (Å²) in [5.41, 5.74) is 0.852. The van der Waals surface area contributed by atoms with Gasteiger partial charge in [0.1, 0.15) is 0 Å². The molecule has 0 saturated carbocycles. The molecule has 2 rings (SSSR count). The minimum absolute atomic E-state index is 0.329. The van der Waals surface area contributed by atoms with Crippen LogP contribution in [0.5, 0.6) is 0 Å². The van der Waals surface area contributed by atoms with Crippen LogP contribution in [0.3, 0.4) is 0 Å². The number of para-hydroxylation sites is 1. The zero-order valence-corrected chi connectivity index (χ0v) is 10.1. The lowest BCUT2D eigenvalue weighted by Crippen LogP contribution is -2.53. The number of hydrogen-bond acceptors (Lipinski definition) is 3. The van der Waals surface area contributed by atoms with Gasteiger partial charge in [0.2, 0.25) is 3.79 Å². The maximum Gasteiger partial charge on any atom is 0.281 e. The number of alkyl halides is 3. The second-order valence-electron chi connectivity index (χ2n) is 3.28. The number of nitrogens with zero attached hydrogens (tertiary/aromatic N) is 1. The SMILES string of the molecule is O=C1c2ccccc2NC(C(Cl)(Cl)Cl)N1O. The molecule has 1 aliphatic heterocycles. The number of benzene rings is 1. The predicted molar refractivity (Wildman–Crippen MR) is 62.1 cm³/mol. The first-order chi connectivity index (χ1) is 7.41. The van der Waals surface area contributed by atoms with E-state index >= 15 is 0 Å². The Morgan fingerprint density at radius 2 is 1.94 bits per heavy atom. The van der Waals surface area contributed by atoms with Crippen molar-refractivity contribution in [2.24, 2.45) is 0 Å². The molecule has 0 radical (unpaired) electrons. The highest BCUT2D eigenvalue weighted by molar-refractivity contribution is 6.68. The lowest BCUT2D eigenvalue weighted by Gasteiger charge is -2.36. The predicted octanol–water partition coefficient (Wildman–Crippen LogP) is 2.64. The fourth-order valence-corrected chi connectivity index (χ4v) is 1.91. The van der Waals surface area contributed by atoms with Crippen molar-refractivity contribution in [2.75, 3.05) is 5.32 Å². The molecule has 1 heterocycles. The molecule has 1 amide bonds. The summed E-state index contributed by atoms with van der Waals surface area (Å²) in [6.45, 7) is 0. The summed E-state index contributed by atoms with van der Waals surface area (Å²) in [7, 11) is 0. The highest BCUT2D eigenvalue weighted by Gasteiger charge is 2.43. The molecule has 1 aliphatic rings. The van der Waals surface area contributed by atoms with Crippen molar-refractivity contribution in [3.63, 3.8) is 0 Å². The van der Waals surface area contributed by atoms with E-state index in [0.717, 1.165) is 0 Å². The van der Waals surface area contributed by atoms with Gasteiger partial charge in [-0.25, -0.2) is 0 Å². The van der Waals surface area contributed by atoms with Gasteiger partial charge in [0.25, 0.3) is 5.91 Å². The molecule has 1 aromatic rings. The summed E-state index contributed by atoms with van der Waals surface area (Å²) in [4.78, 5) is 11.7. The number of amides is 1. The largest absolute Gasteiger partial charge is 0.359 e. The van der Waals surface area contributed by atoms with Crippen LogP contribution < -0.4 is 5.32 Å². The molecule has 7 heteroatoms. The van der Waals surface area contributed by atoms with E-state index in [9.17, 15) is 10.0 Å². The first-order valence-corrected chi connectivity index (χ1v) is 5.49. The van der Waals surface area contributed by atoms with Crippen molar-refractivity contribution < 1.29 is 10.0 Å². The van der Waals surface area contributed by atoms with Gasteiger partial charge in [0, 0.05) is 5.69 Å². The van der Waals surface area contributed by atoms with Gasteiger partial charge < -0.3 is 5.32 Å². The Morgan fingerprint density at radius 1 is 1.31 bits per heavy atom. The van der Waals surface area contributed by atoms with Gasteiger partial charge in [-0.2, -0.15) is 5.06 Å². The summed E-state index contributed by atoms with van der Waals surface area (Å²) in [5, 5.41) is 12.7. The monoisotopic (exact) mass is 280 g/mol. The van der Waals surface area contributed by atoms with Crippen molar-refractivity contribution in [2.45, 2.75) is 9.96 Å². The van der Waals surface area contributed by atoms with E-state index in [-0.39, 0.29) is 0 Å². The molecule has 1 atom stereocenters. The van der Waals surface area contributed by atoms with Crippen LogP contribution in [0.4, 0.5) is 5.69 Å². The van der Waals surface area contributed by atoms with Crippen LogP contribution in [-0.4, -0.2) is 26.1 Å². The number of hydroxylamine groups is 2. The Kier molecular flexibility index (Phi) is 2.92. The van der Waals surface area contributed by atoms with E-state index in [1.165, 1.54) is 0 Å². The molecular weight excluding hydrogens is 274 g/mol. The van der Waals surface area contributed by atoms with Crippen molar-refractivity contribution >= 4 is 46.4 Å². The third-order valence-corrected chi connectivity index (χ3v) is 2.83. The van der Waals surface area contributed by atoms with Crippen LogP contribution in [0.15, 0.2) is 24.3 Å². The van der Waals surface area contributed by atoms with Crippen LogP contribution in [-0.2, 0) is 0 Å². The van der Waals surface area contributed by atoms with Gasteiger partial charge in [0.05, 0.1) is 5.56 Å². The number of nitrogens with one attached hydrogen (secondary N) is 1. The molecule has 0 fully saturated rings. The smallest absolute Gasteiger partial charge is 0.281 e. The molecule has 0 bridgehead atoms. The number of fused-ring (bicyclic) bond motifs is 1. The van der Waals surface area contributed by atoms with E-state index in [2.05, 4.69) is 5.32 Å². The minimum atomic E-state index is -1.82. The Morgan fingerprint density at radius 3 is 2.56 bits per heavy atom. The average molecular weight is 282 g/mol. The molecule has 86 valence electrons. The molecule has 0 aliphatic carbocycles. The minimum Gasteiger partial charge on any atom is -0.359 e. The Bertz CT molecular complexity index is 433. The van der Waals surface area contributed by atoms with E-state index in [0.29, 0.717) is 16.3 Å². The highest BCUT2D eigenvalue weighted by atomic mass is 35.6. The van der Waals surface area contributed by atoms with Crippen molar-refractivity contribution in [3.05, 3.63) is 29.8 Å². The van der Waals surface area contributed by atoms with Crippen LogP contribution in [0.25, 0.3) is 0 Å². The lowest BCUT2D eigenvalue weighted by atomic mass is 10.1. The fraction of sp³-hybridized carbons (Fsp3) is 0.222. The normalized spacial score (nSPS) is 20.4. The summed E-state index contributed by atoms with van der Waals surface area (Å²) in [5.74, 6) is -0.606. The van der Waals surface area contributed by atoms with Gasteiger partial charge in [-0.3, -0.25) is 10.0 Å². The van der Waals surface area contributed by atoms with Gasteiger partial charge in [-0.05, 0) is 12.1 Å². The third kappa shape index (κ3) is 1.94. The number of rotatable bonds is 0. The maximum atomic E-state index is 11.7. The highest BCUT2D eigenvalue weighted by Crippen LogP contribution is 2.37. The molecule has 4 nitrogen and oxygen atoms in total. The topological polar surface area (TPSA) is 52.6 Å². The summed E-state index contributed by atoms with van der Waals surface area (Å²) in [6, 6.07) is 6.66. The molecule has 0 saturated heterocycles. The summed E-state index contributed by atoms with van der Waals surface area (Å²) in [6.07, 6.45) is -1.11. The first-order valence-electron chi connectivity index (χ1n) is 4.36. The Labute approximate surface area is 107 Å². The third-order valence-electron chi connectivity index (χ3n) is 2.21. The summed E-state index contributed by atoms with van der Waals surface area (Å²) >= 11 is 17.0. The first kappa shape index (κ1) is 11.8. The van der Waals surface area contributed by atoms with Crippen LogP contribution >= 0.6 is 34.8 Å². The van der Waals surface area contributed by atoms with Crippen molar-refractivity contribution in [3.8, 4) is 0 Å². The van der Waals surface area contributed by atoms with Gasteiger partial charge >= 0.3 is 0 Å². The second kappa shape index (κ2) is 3.96. The molecule has 16 heavy (non-hydrogen) atoms. The van der Waals surface area contributed by atoms with E-state index < -0.39 is 15.9 Å². The standard InChI is InChI=1S/C9H7Cl3N2O2/c10-9(11,12)8-13-6-4-2-1-3-5(6)7(15)14(8)16/h1-4,8,13,16H. The number of hydrogen-bond donors (Lipinski definition) is 2. The van der Waals surface area contributed by atoms with Crippen molar-refractivity contribution in [1.29, 1.82) is 0 Å². The molecule has 1 unspecified atom stereocenters. The molecule has 2 N–H and O–H groups in total. The summed E-state index contributed by atoms with van der Waals surface area (Å²) < 4.78 is -1.82.